The SMILES string of the molecule is CCCCCCCCCCCCCC(=O)OCCl.CCCCCCCCCCCCCC(=O)OCI. The molecule has 0 heterocycles. The number of carbonyl (C=O) groups excluding carboxylic acids is 2. The fourth-order valence-electron chi connectivity index (χ4n) is 4.13. The van der Waals surface area contributed by atoms with E-state index >= 15 is 0 Å². The molecule has 0 bridgehead atoms. The third-order valence-corrected chi connectivity index (χ3v) is 6.82. The van der Waals surface area contributed by atoms with Gasteiger partial charge in [0.1, 0.15) is 4.61 Å². The summed E-state index contributed by atoms with van der Waals surface area (Å²) in [7, 11) is 0. The minimum Gasteiger partial charge on any atom is -0.455 e. The van der Waals surface area contributed by atoms with Crippen LogP contribution in [-0.4, -0.2) is 22.6 Å². The van der Waals surface area contributed by atoms with E-state index in [1.807, 2.05) is 0 Å². The van der Waals surface area contributed by atoms with Gasteiger partial charge in [0.15, 0.2) is 6.07 Å². The van der Waals surface area contributed by atoms with E-state index in [1.54, 1.807) is 0 Å². The molecule has 0 aromatic rings. The fraction of sp³-hybridized carbons (Fsp3) is 0.933. The minimum atomic E-state index is -0.166. The molecule has 0 N–H and O–H groups in total. The summed E-state index contributed by atoms with van der Waals surface area (Å²) in [5.41, 5.74) is 0. The van der Waals surface area contributed by atoms with Crippen LogP contribution in [0.15, 0.2) is 0 Å². The second kappa shape index (κ2) is 35.0. The lowest BCUT2D eigenvalue weighted by Crippen LogP contribution is -2.01. The average molecular weight is 645 g/mol. The summed E-state index contributed by atoms with van der Waals surface area (Å²) in [4.78, 5) is 22.1. The smallest absolute Gasteiger partial charge is 0.306 e. The summed E-state index contributed by atoms with van der Waals surface area (Å²) in [6.07, 6.45) is 29.8. The number of carbonyl (C=O) groups is 2. The Morgan fingerprint density at radius 3 is 1.06 bits per heavy atom. The minimum absolute atomic E-state index is 0.0170. The van der Waals surface area contributed by atoms with E-state index in [4.69, 9.17) is 16.3 Å². The summed E-state index contributed by atoms with van der Waals surface area (Å²) in [6, 6.07) is -0.0170. The summed E-state index contributed by atoms with van der Waals surface area (Å²) < 4.78 is 10.0. The molecule has 0 unspecified atom stereocenters. The molecule has 0 aliphatic carbocycles. The van der Waals surface area contributed by atoms with Crippen molar-refractivity contribution in [1.82, 2.24) is 0 Å². The van der Waals surface area contributed by atoms with Crippen LogP contribution in [0.25, 0.3) is 0 Å². The van der Waals surface area contributed by atoms with Crippen molar-refractivity contribution < 1.29 is 19.1 Å². The predicted molar refractivity (Wildman–Crippen MR) is 164 cm³/mol. The van der Waals surface area contributed by atoms with E-state index in [2.05, 4.69) is 41.2 Å². The second-order valence-corrected chi connectivity index (χ2v) is 10.7. The summed E-state index contributed by atoms with van der Waals surface area (Å²) in [5.74, 6) is -0.207. The first kappa shape index (κ1) is 38.1. The Labute approximate surface area is 242 Å². The topological polar surface area (TPSA) is 52.6 Å². The second-order valence-electron chi connectivity index (χ2n) is 9.82. The van der Waals surface area contributed by atoms with Crippen molar-refractivity contribution in [3.63, 3.8) is 0 Å². The molecule has 0 atom stereocenters. The first-order valence-corrected chi connectivity index (χ1v) is 17.1. The molecule has 0 amide bonds. The van der Waals surface area contributed by atoms with Gasteiger partial charge in [0.05, 0.1) is 0 Å². The maximum Gasteiger partial charge on any atom is 0.306 e. The van der Waals surface area contributed by atoms with Crippen molar-refractivity contribution >= 4 is 46.1 Å². The van der Waals surface area contributed by atoms with Crippen LogP contribution >= 0.6 is 34.2 Å². The molecular formula is C30H58ClIO4. The van der Waals surface area contributed by atoms with Crippen LogP contribution in [0.2, 0.25) is 0 Å². The Hall–Kier alpha value is -0.0400. The zero-order valence-corrected chi connectivity index (χ0v) is 26.7. The molecule has 0 radical (unpaired) electrons. The highest BCUT2D eigenvalue weighted by molar-refractivity contribution is 14.1. The summed E-state index contributed by atoms with van der Waals surface area (Å²) in [5, 5.41) is 0. The molecule has 0 saturated carbocycles. The van der Waals surface area contributed by atoms with Crippen molar-refractivity contribution in [2.45, 2.75) is 168 Å². The molecule has 4 nitrogen and oxygen atoms in total. The molecule has 0 aliphatic heterocycles. The Kier molecular flexibility index (Phi) is 37.0. The zero-order valence-electron chi connectivity index (χ0n) is 23.8. The first-order valence-electron chi connectivity index (χ1n) is 15.0. The maximum atomic E-state index is 11.1. The fourth-order valence-corrected chi connectivity index (χ4v) is 4.60. The Morgan fingerprint density at radius 1 is 0.500 bits per heavy atom. The zero-order chi connectivity index (χ0) is 27.0. The quantitative estimate of drug-likeness (QED) is 0.0407. The lowest BCUT2D eigenvalue weighted by molar-refractivity contribution is -0.142. The molecule has 0 aromatic heterocycles. The van der Waals surface area contributed by atoms with Crippen LogP contribution in [0.4, 0.5) is 0 Å². The predicted octanol–water partition coefficient (Wildman–Crippen LogP) is 11.1. The normalized spacial score (nSPS) is 10.6. The van der Waals surface area contributed by atoms with Gasteiger partial charge >= 0.3 is 11.9 Å². The van der Waals surface area contributed by atoms with Crippen LogP contribution in [0.5, 0.6) is 0 Å². The van der Waals surface area contributed by atoms with Gasteiger partial charge in [-0.05, 0) is 35.4 Å². The molecular weight excluding hydrogens is 587 g/mol. The number of ether oxygens (including phenoxy) is 2. The van der Waals surface area contributed by atoms with Gasteiger partial charge in [-0.1, -0.05) is 154 Å². The Balaban J connectivity index is 0. The highest BCUT2D eigenvalue weighted by Gasteiger charge is 2.02. The van der Waals surface area contributed by atoms with Gasteiger partial charge in [-0.15, -0.1) is 0 Å². The van der Waals surface area contributed by atoms with Crippen LogP contribution in [0.3, 0.4) is 0 Å². The van der Waals surface area contributed by atoms with E-state index in [-0.39, 0.29) is 18.0 Å². The number of unbranched alkanes of at least 4 members (excludes halogenated alkanes) is 20. The Morgan fingerprint density at radius 2 is 0.778 bits per heavy atom. The number of hydrogen-bond donors (Lipinski definition) is 0. The van der Waals surface area contributed by atoms with Crippen molar-refractivity contribution in [2.24, 2.45) is 0 Å². The largest absolute Gasteiger partial charge is 0.455 e. The van der Waals surface area contributed by atoms with Gasteiger partial charge in [-0.2, -0.15) is 0 Å². The van der Waals surface area contributed by atoms with E-state index in [0.29, 0.717) is 17.5 Å². The van der Waals surface area contributed by atoms with Gasteiger partial charge < -0.3 is 9.47 Å². The third-order valence-electron chi connectivity index (χ3n) is 6.40. The number of rotatable bonds is 26. The van der Waals surface area contributed by atoms with E-state index in [9.17, 15) is 9.59 Å². The molecule has 0 aromatic carbocycles. The van der Waals surface area contributed by atoms with Gasteiger partial charge in [-0.25, -0.2) is 0 Å². The van der Waals surface area contributed by atoms with Crippen LogP contribution < -0.4 is 0 Å². The van der Waals surface area contributed by atoms with Crippen LogP contribution in [0.1, 0.15) is 168 Å². The summed E-state index contributed by atoms with van der Waals surface area (Å²) >= 11 is 7.35. The maximum absolute atomic E-state index is 11.1. The highest BCUT2D eigenvalue weighted by Crippen LogP contribution is 2.13. The van der Waals surface area contributed by atoms with Gasteiger partial charge in [-0.3, -0.25) is 9.59 Å². The molecule has 0 rings (SSSR count). The molecule has 36 heavy (non-hydrogen) atoms. The average Bonchev–Trinajstić information content (AvgIpc) is 2.86. The first-order chi connectivity index (χ1) is 17.6. The lowest BCUT2D eigenvalue weighted by atomic mass is 10.1. The van der Waals surface area contributed by atoms with E-state index in [1.165, 1.54) is 122 Å². The third kappa shape index (κ3) is 36.1. The van der Waals surface area contributed by atoms with Crippen LogP contribution in [-0.2, 0) is 19.1 Å². The molecule has 0 spiro atoms. The monoisotopic (exact) mass is 644 g/mol. The van der Waals surface area contributed by atoms with Crippen molar-refractivity contribution in [2.75, 3.05) is 10.7 Å². The molecule has 6 heteroatoms. The van der Waals surface area contributed by atoms with Crippen molar-refractivity contribution in [3.05, 3.63) is 0 Å². The van der Waals surface area contributed by atoms with Gasteiger partial charge in [0, 0.05) is 12.8 Å². The number of halogens is 2. The molecule has 0 saturated heterocycles. The van der Waals surface area contributed by atoms with Crippen LogP contribution in [0, 0.1) is 0 Å². The summed E-state index contributed by atoms with van der Waals surface area (Å²) in [6.45, 7) is 4.51. The lowest BCUT2D eigenvalue weighted by Gasteiger charge is -2.02. The van der Waals surface area contributed by atoms with E-state index in [0.717, 1.165) is 19.3 Å². The van der Waals surface area contributed by atoms with E-state index < -0.39 is 0 Å². The Bertz CT molecular complexity index is 409. The molecule has 0 aliphatic rings. The number of hydrogen-bond acceptors (Lipinski definition) is 4. The standard InChI is InChI=1S/C15H29ClO2.C15H29IO2/c2*1-2-3-4-5-6-7-8-9-10-11-12-13-15(17)18-14-16/h2*2-14H2,1H3. The van der Waals surface area contributed by atoms with Gasteiger partial charge in [0.25, 0.3) is 0 Å². The van der Waals surface area contributed by atoms with Crippen molar-refractivity contribution in [1.29, 1.82) is 0 Å². The van der Waals surface area contributed by atoms with Crippen molar-refractivity contribution in [3.8, 4) is 0 Å². The molecule has 0 fully saturated rings. The number of esters is 2. The highest BCUT2D eigenvalue weighted by atomic mass is 127. The van der Waals surface area contributed by atoms with Gasteiger partial charge in [0.2, 0.25) is 0 Å². The molecule has 216 valence electrons. The number of alkyl halides is 2.